The van der Waals surface area contributed by atoms with Gasteiger partial charge in [0.1, 0.15) is 0 Å². The molecule has 3 nitrogen and oxygen atoms in total. The normalized spacial score (nSPS) is 11.9. The van der Waals surface area contributed by atoms with Crippen molar-refractivity contribution in [1.29, 1.82) is 0 Å². The number of hydrogen-bond donors (Lipinski definition) is 1. The summed E-state index contributed by atoms with van der Waals surface area (Å²) >= 11 is 0. The zero-order chi connectivity index (χ0) is 25.6. The highest BCUT2D eigenvalue weighted by Gasteiger charge is 2.23. The van der Waals surface area contributed by atoms with Gasteiger partial charge in [-0.2, -0.15) is 0 Å². The maximum absolute atomic E-state index is 13.2. The molecule has 0 aliphatic heterocycles. The fourth-order valence-corrected chi connectivity index (χ4v) is 5.12. The van der Waals surface area contributed by atoms with Crippen LogP contribution in [-0.2, 0) is 17.8 Å². The molecule has 0 radical (unpaired) electrons. The summed E-state index contributed by atoms with van der Waals surface area (Å²) in [4.78, 5) is 13.2. The summed E-state index contributed by atoms with van der Waals surface area (Å²) in [6.07, 6.45) is 3.50. The first-order valence-corrected chi connectivity index (χ1v) is 13.1. The van der Waals surface area contributed by atoms with Crippen LogP contribution in [-0.4, -0.2) is 17.0 Å². The Labute approximate surface area is 219 Å². The number of nitrogens with zero attached hydrogens (tertiary/aromatic N) is 1. The molecule has 1 heterocycles. The van der Waals surface area contributed by atoms with Crippen molar-refractivity contribution in [3.05, 3.63) is 143 Å². The molecule has 0 unspecified atom stereocenters. The van der Waals surface area contributed by atoms with Gasteiger partial charge in [-0.1, -0.05) is 108 Å². The van der Waals surface area contributed by atoms with E-state index in [-0.39, 0.29) is 11.8 Å². The zero-order valence-electron chi connectivity index (χ0n) is 21.7. The van der Waals surface area contributed by atoms with Crippen molar-refractivity contribution in [2.75, 3.05) is 6.54 Å². The number of nitrogens with one attached hydrogen (secondary N) is 1. The summed E-state index contributed by atoms with van der Waals surface area (Å²) in [5.74, 6) is 0.0543. The third-order valence-electron chi connectivity index (χ3n) is 7.08. The van der Waals surface area contributed by atoms with Gasteiger partial charge in [-0.3, -0.25) is 4.79 Å². The molecule has 5 aromatic rings. The van der Waals surface area contributed by atoms with Crippen LogP contribution < -0.4 is 5.32 Å². The molecule has 1 amide bonds. The highest BCUT2D eigenvalue weighted by atomic mass is 16.1. The van der Waals surface area contributed by atoms with Gasteiger partial charge < -0.3 is 9.88 Å². The van der Waals surface area contributed by atoms with Crippen LogP contribution in [0.3, 0.4) is 0 Å². The van der Waals surface area contributed by atoms with E-state index >= 15 is 0 Å². The second kappa shape index (κ2) is 11.3. The van der Waals surface area contributed by atoms with Gasteiger partial charge in [-0.15, -0.1) is 0 Å². The summed E-state index contributed by atoms with van der Waals surface area (Å²) in [6.45, 7) is 5.66. The van der Waals surface area contributed by atoms with Crippen molar-refractivity contribution >= 4 is 16.8 Å². The molecule has 0 aliphatic rings. The minimum Gasteiger partial charge on any atom is -0.356 e. The highest BCUT2D eigenvalue weighted by molar-refractivity contribution is 5.86. The minimum absolute atomic E-state index is 0.0270. The number of amides is 1. The van der Waals surface area contributed by atoms with E-state index < -0.39 is 0 Å². The van der Waals surface area contributed by atoms with E-state index in [0.29, 0.717) is 13.0 Å². The fourth-order valence-electron chi connectivity index (χ4n) is 5.12. The van der Waals surface area contributed by atoms with E-state index in [1.165, 1.54) is 44.3 Å². The van der Waals surface area contributed by atoms with Gasteiger partial charge in [0.15, 0.2) is 0 Å². The number of aromatic nitrogens is 1. The maximum atomic E-state index is 13.2. The molecule has 37 heavy (non-hydrogen) atoms. The predicted molar refractivity (Wildman–Crippen MR) is 153 cm³/mol. The van der Waals surface area contributed by atoms with Gasteiger partial charge in [0.05, 0.1) is 0 Å². The Morgan fingerprint density at radius 1 is 0.784 bits per heavy atom. The number of carbonyl (C=O) groups is 1. The van der Waals surface area contributed by atoms with Crippen LogP contribution in [0.5, 0.6) is 0 Å². The Kier molecular flexibility index (Phi) is 7.51. The lowest BCUT2D eigenvalue weighted by atomic mass is 9.87. The van der Waals surface area contributed by atoms with Gasteiger partial charge in [-0.05, 0) is 48.6 Å². The second-order valence-corrected chi connectivity index (χ2v) is 9.97. The number of hydrogen-bond acceptors (Lipinski definition) is 1. The summed E-state index contributed by atoms with van der Waals surface area (Å²) in [5, 5.41) is 4.38. The molecular weight excluding hydrogens is 452 g/mol. The summed E-state index contributed by atoms with van der Waals surface area (Å²) in [5.41, 5.74) is 8.54. The lowest BCUT2D eigenvalue weighted by Crippen LogP contribution is -2.27. The van der Waals surface area contributed by atoms with Crippen LogP contribution in [0.15, 0.2) is 109 Å². The third kappa shape index (κ3) is 6.00. The first-order valence-electron chi connectivity index (χ1n) is 13.1. The number of fused-ring (bicyclic) bond motifs is 1. The van der Waals surface area contributed by atoms with Crippen molar-refractivity contribution in [1.82, 2.24) is 9.88 Å². The number of aryl methyl sites for hydroxylation is 2. The molecule has 0 saturated heterocycles. The van der Waals surface area contributed by atoms with Crippen LogP contribution in [0.2, 0.25) is 0 Å². The smallest absolute Gasteiger partial charge is 0.220 e. The lowest BCUT2D eigenvalue weighted by molar-refractivity contribution is -0.121. The number of benzene rings is 4. The third-order valence-corrected chi connectivity index (χ3v) is 7.08. The Morgan fingerprint density at radius 2 is 1.54 bits per heavy atom. The summed E-state index contributed by atoms with van der Waals surface area (Å²) < 4.78 is 2.32. The van der Waals surface area contributed by atoms with Gasteiger partial charge in [-0.25, -0.2) is 0 Å². The molecule has 0 bridgehead atoms. The van der Waals surface area contributed by atoms with Crippen LogP contribution >= 0.6 is 0 Å². The van der Waals surface area contributed by atoms with E-state index in [2.05, 4.69) is 115 Å². The predicted octanol–water partition coefficient (Wildman–Crippen LogP) is 7.19. The Balaban J connectivity index is 1.44. The van der Waals surface area contributed by atoms with Gasteiger partial charge in [0.25, 0.3) is 0 Å². The molecule has 5 rings (SSSR count). The fraction of sp³-hybridized carbons (Fsp3) is 0.206. The summed E-state index contributed by atoms with van der Waals surface area (Å²) in [7, 11) is 0. The number of rotatable bonds is 9. The molecular formula is C34H34N2O. The summed E-state index contributed by atoms with van der Waals surface area (Å²) in [6, 6.07) is 36.1. The number of carbonyl (C=O) groups excluding carboxylic acids is 1. The van der Waals surface area contributed by atoms with Crippen molar-refractivity contribution in [3.63, 3.8) is 0 Å². The lowest BCUT2D eigenvalue weighted by Gasteiger charge is -2.18. The molecule has 0 spiro atoms. The van der Waals surface area contributed by atoms with Gasteiger partial charge >= 0.3 is 0 Å². The molecule has 0 saturated carbocycles. The average Bonchev–Trinajstić information content (AvgIpc) is 3.27. The molecule has 1 N–H and O–H groups in total. The molecule has 0 aliphatic carbocycles. The van der Waals surface area contributed by atoms with Crippen molar-refractivity contribution < 1.29 is 4.79 Å². The Hall–Kier alpha value is -4.11. The molecule has 0 fully saturated rings. The minimum atomic E-state index is -0.0270. The SMILES string of the molecule is Cc1ccc(Cn2cc([C@@H](CC(=O)NCCc3ccccc3)c3cccc(C)c3)c3ccccc32)cc1. The van der Waals surface area contributed by atoms with Crippen molar-refractivity contribution in [2.24, 2.45) is 0 Å². The van der Waals surface area contributed by atoms with E-state index in [4.69, 9.17) is 0 Å². The Bertz CT molecular complexity index is 1480. The monoisotopic (exact) mass is 486 g/mol. The van der Waals surface area contributed by atoms with E-state index in [9.17, 15) is 4.79 Å². The van der Waals surface area contributed by atoms with Crippen LogP contribution in [0, 0.1) is 13.8 Å². The second-order valence-electron chi connectivity index (χ2n) is 9.97. The molecule has 3 heteroatoms. The van der Waals surface area contributed by atoms with E-state index in [1.807, 2.05) is 18.2 Å². The quantitative estimate of drug-likeness (QED) is 0.235. The van der Waals surface area contributed by atoms with Crippen molar-refractivity contribution in [2.45, 2.75) is 39.2 Å². The Morgan fingerprint density at radius 3 is 2.32 bits per heavy atom. The molecule has 186 valence electrons. The van der Waals surface area contributed by atoms with Crippen molar-refractivity contribution in [3.8, 4) is 0 Å². The van der Waals surface area contributed by atoms with Crippen LogP contribution in [0.4, 0.5) is 0 Å². The van der Waals surface area contributed by atoms with Crippen LogP contribution in [0.25, 0.3) is 10.9 Å². The maximum Gasteiger partial charge on any atom is 0.220 e. The van der Waals surface area contributed by atoms with E-state index in [0.717, 1.165) is 13.0 Å². The largest absolute Gasteiger partial charge is 0.356 e. The first kappa shape index (κ1) is 24.6. The average molecular weight is 487 g/mol. The van der Waals surface area contributed by atoms with E-state index in [1.54, 1.807) is 0 Å². The first-order chi connectivity index (χ1) is 18.1. The zero-order valence-corrected chi connectivity index (χ0v) is 21.7. The standard InChI is InChI=1S/C34H34N2O/c1-25-15-17-28(18-16-25)23-36-24-32(30-13-6-7-14-33(30)36)31(29-12-8-9-26(2)21-29)22-34(37)35-20-19-27-10-4-3-5-11-27/h3-18,21,24,31H,19-20,22-23H2,1-2H3,(H,35,37)/t31-/m0/s1. The molecule has 1 aromatic heterocycles. The number of para-hydroxylation sites is 1. The van der Waals surface area contributed by atoms with Gasteiger partial charge in [0, 0.05) is 42.5 Å². The highest BCUT2D eigenvalue weighted by Crippen LogP contribution is 2.35. The van der Waals surface area contributed by atoms with Gasteiger partial charge in [0.2, 0.25) is 5.91 Å². The molecule has 1 atom stereocenters. The topological polar surface area (TPSA) is 34.0 Å². The van der Waals surface area contributed by atoms with Crippen LogP contribution in [0.1, 0.15) is 45.7 Å². The molecule has 4 aromatic carbocycles.